The highest BCUT2D eigenvalue weighted by molar-refractivity contribution is 5.88. The normalized spacial score (nSPS) is 24.5. The second kappa shape index (κ2) is 8.28. The van der Waals surface area contributed by atoms with Crippen LogP contribution in [0.25, 0.3) is 11.0 Å². The van der Waals surface area contributed by atoms with Crippen LogP contribution in [0.2, 0.25) is 0 Å². The monoisotopic (exact) mass is 449 g/mol. The Hall–Kier alpha value is -3.22. The minimum absolute atomic E-state index is 0.0142. The van der Waals surface area contributed by atoms with Gasteiger partial charge < -0.3 is 15.0 Å². The van der Waals surface area contributed by atoms with Crippen LogP contribution in [0.1, 0.15) is 42.5 Å². The van der Waals surface area contributed by atoms with E-state index in [0.29, 0.717) is 11.8 Å². The van der Waals surface area contributed by atoms with Gasteiger partial charge in [-0.2, -0.15) is 0 Å². The predicted molar refractivity (Wildman–Crippen MR) is 122 cm³/mol. The van der Waals surface area contributed by atoms with Gasteiger partial charge in [0.2, 0.25) is 5.91 Å². The minimum atomic E-state index is -0.841. The van der Waals surface area contributed by atoms with E-state index in [1.165, 1.54) is 12.1 Å². The molecule has 33 heavy (non-hydrogen) atoms. The maximum atomic E-state index is 13.6. The quantitative estimate of drug-likeness (QED) is 0.620. The number of pyridine rings is 1. The molecular formula is C26H28FN3O3. The van der Waals surface area contributed by atoms with Crippen molar-refractivity contribution in [1.82, 2.24) is 14.9 Å². The number of carbonyl (C=O) groups is 2. The Balaban J connectivity index is 1.46. The zero-order valence-corrected chi connectivity index (χ0v) is 18.7. The molecule has 1 saturated carbocycles. The van der Waals surface area contributed by atoms with Crippen molar-refractivity contribution in [1.29, 1.82) is 0 Å². The molecule has 3 unspecified atom stereocenters. The van der Waals surface area contributed by atoms with Crippen LogP contribution in [-0.4, -0.2) is 33.6 Å². The summed E-state index contributed by atoms with van der Waals surface area (Å²) in [5.74, 6) is -0.462. The SMILES string of the molecule is CNC(=O)C1(c2ccc(F)cc2)CCC(C2CCn3c(c(CC(=O)O)c4cccnc43)C2)C1. The summed E-state index contributed by atoms with van der Waals surface area (Å²) in [5, 5.41) is 13.3. The van der Waals surface area contributed by atoms with Gasteiger partial charge in [0.15, 0.2) is 0 Å². The molecule has 2 aliphatic rings. The average Bonchev–Trinajstić information content (AvgIpc) is 3.40. The molecule has 0 spiro atoms. The Labute approximate surface area is 191 Å². The summed E-state index contributed by atoms with van der Waals surface area (Å²) in [4.78, 5) is 29.2. The molecule has 2 aromatic heterocycles. The standard InChI is InChI=1S/C26H28FN3O3/c1-28-25(33)26(18-4-6-19(27)7-5-18)10-8-17(15-26)16-9-12-30-22(13-16)21(14-23(31)32)20-3-2-11-29-24(20)30/h2-7,11,16-17H,8-10,12-15H2,1H3,(H,28,33)(H,31,32). The van der Waals surface area contributed by atoms with Crippen molar-refractivity contribution in [2.24, 2.45) is 11.8 Å². The topological polar surface area (TPSA) is 84.2 Å². The van der Waals surface area contributed by atoms with E-state index in [1.54, 1.807) is 25.4 Å². The number of carbonyl (C=O) groups excluding carboxylic acids is 1. The van der Waals surface area contributed by atoms with Crippen LogP contribution >= 0.6 is 0 Å². The van der Waals surface area contributed by atoms with Crippen LogP contribution < -0.4 is 5.32 Å². The third kappa shape index (κ3) is 3.59. The van der Waals surface area contributed by atoms with E-state index in [-0.39, 0.29) is 18.1 Å². The number of hydrogen-bond donors (Lipinski definition) is 2. The van der Waals surface area contributed by atoms with E-state index in [0.717, 1.165) is 66.5 Å². The molecule has 5 rings (SSSR count). The number of halogens is 1. The first-order valence-corrected chi connectivity index (χ1v) is 11.6. The van der Waals surface area contributed by atoms with Crippen molar-refractivity contribution in [2.45, 2.75) is 50.5 Å². The molecule has 3 heterocycles. The molecule has 1 aliphatic heterocycles. The molecule has 3 atom stereocenters. The van der Waals surface area contributed by atoms with Crippen LogP contribution in [0.5, 0.6) is 0 Å². The van der Waals surface area contributed by atoms with Gasteiger partial charge in [-0.25, -0.2) is 9.37 Å². The molecule has 172 valence electrons. The molecular weight excluding hydrogens is 421 g/mol. The molecule has 1 amide bonds. The smallest absolute Gasteiger partial charge is 0.307 e. The number of amides is 1. The fourth-order valence-corrected chi connectivity index (χ4v) is 6.26. The van der Waals surface area contributed by atoms with Gasteiger partial charge in [-0.05, 0) is 79.3 Å². The predicted octanol–water partition coefficient (Wildman–Crippen LogP) is 3.85. The van der Waals surface area contributed by atoms with Gasteiger partial charge in [0.1, 0.15) is 11.5 Å². The lowest BCUT2D eigenvalue weighted by molar-refractivity contribution is -0.136. The van der Waals surface area contributed by atoms with Gasteiger partial charge in [0.25, 0.3) is 0 Å². The summed E-state index contributed by atoms with van der Waals surface area (Å²) in [6.07, 6.45) is 5.86. The van der Waals surface area contributed by atoms with Crippen molar-refractivity contribution in [2.75, 3.05) is 7.05 Å². The Kier molecular flexibility index (Phi) is 5.43. The number of aliphatic carboxylic acids is 1. The molecule has 0 radical (unpaired) electrons. The fourth-order valence-electron chi connectivity index (χ4n) is 6.26. The number of benzene rings is 1. The first-order valence-electron chi connectivity index (χ1n) is 11.6. The van der Waals surface area contributed by atoms with Gasteiger partial charge in [-0.3, -0.25) is 9.59 Å². The van der Waals surface area contributed by atoms with Crippen LogP contribution in [-0.2, 0) is 34.4 Å². The van der Waals surface area contributed by atoms with E-state index in [4.69, 9.17) is 0 Å². The Morgan fingerprint density at radius 3 is 2.73 bits per heavy atom. The number of rotatable bonds is 5. The van der Waals surface area contributed by atoms with Gasteiger partial charge in [0.05, 0.1) is 11.8 Å². The molecule has 0 bridgehead atoms. The van der Waals surface area contributed by atoms with E-state index in [2.05, 4.69) is 14.9 Å². The molecule has 1 aromatic carbocycles. The number of nitrogens with zero attached hydrogens (tertiary/aromatic N) is 2. The van der Waals surface area contributed by atoms with Crippen molar-refractivity contribution in [3.8, 4) is 0 Å². The molecule has 2 N–H and O–H groups in total. The summed E-state index contributed by atoms with van der Waals surface area (Å²) in [5.41, 5.74) is 3.01. The lowest BCUT2D eigenvalue weighted by Crippen LogP contribution is -2.41. The number of fused-ring (bicyclic) bond motifs is 3. The lowest BCUT2D eigenvalue weighted by atomic mass is 9.74. The van der Waals surface area contributed by atoms with Crippen LogP contribution in [0.15, 0.2) is 42.6 Å². The number of likely N-dealkylation sites (N-methyl/N-ethyl adjacent to an activating group) is 1. The Bertz CT molecular complexity index is 1220. The van der Waals surface area contributed by atoms with Crippen molar-refractivity contribution in [3.05, 3.63) is 65.2 Å². The number of hydrogen-bond acceptors (Lipinski definition) is 3. The second-order valence-corrected chi connectivity index (χ2v) is 9.45. The zero-order valence-electron chi connectivity index (χ0n) is 18.7. The van der Waals surface area contributed by atoms with Crippen LogP contribution in [0, 0.1) is 17.7 Å². The van der Waals surface area contributed by atoms with E-state index in [1.807, 2.05) is 12.1 Å². The molecule has 6 nitrogen and oxygen atoms in total. The third-order valence-electron chi connectivity index (χ3n) is 7.83. The highest BCUT2D eigenvalue weighted by atomic mass is 19.1. The Morgan fingerprint density at radius 1 is 1.21 bits per heavy atom. The van der Waals surface area contributed by atoms with Gasteiger partial charge in [-0.1, -0.05) is 12.1 Å². The summed E-state index contributed by atoms with van der Waals surface area (Å²) in [6, 6.07) is 10.1. The summed E-state index contributed by atoms with van der Waals surface area (Å²) < 4.78 is 15.7. The van der Waals surface area contributed by atoms with E-state index >= 15 is 0 Å². The van der Waals surface area contributed by atoms with E-state index < -0.39 is 11.4 Å². The Morgan fingerprint density at radius 2 is 2.00 bits per heavy atom. The van der Waals surface area contributed by atoms with Crippen molar-refractivity contribution < 1.29 is 19.1 Å². The summed E-state index contributed by atoms with van der Waals surface area (Å²) in [6.45, 7) is 0.799. The fraction of sp³-hybridized carbons (Fsp3) is 0.423. The highest BCUT2D eigenvalue weighted by Gasteiger charge is 2.48. The van der Waals surface area contributed by atoms with Gasteiger partial charge in [-0.15, -0.1) is 0 Å². The molecule has 1 aliphatic carbocycles. The zero-order chi connectivity index (χ0) is 23.2. The number of carboxylic acid groups (broad SMARTS) is 1. The average molecular weight is 450 g/mol. The largest absolute Gasteiger partial charge is 0.481 e. The first kappa shape index (κ1) is 21.6. The summed E-state index contributed by atoms with van der Waals surface area (Å²) in [7, 11) is 1.66. The maximum Gasteiger partial charge on any atom is 0.307 e. The van der Waals surface area contributed by atoms with E-state index in [9.17, 15) is 19.1 Å². The number of aryl methyl sites for hydroxylation is 1. The van der Waals surface area contributed by atoms with Gasteiger partial charge >= 0.3 is 5.97 Å². The minimum Gasteiger partial charge on any atom is -0.481 e. The third-order valence-corrected chi connectivity index (χ3v) is 7.83. The number of nitrogens with one attached hydrogen (secondary N) is 1. The first-order chi connectivity index (χ1) is 15.9. The van der Waals surface area contributed by atoms with Crippen LogP contribution in [0.3, 0.4) is 0 Å². The maximum absolute atomic E-state index is 13.6. The van der Waals surface area contributed by atoms with Crippen LogP contribution in [0.4, 0.5) is 4.39 Å². The molecule has 0 saturated heterocycles. The molecule has 1 fully saturated rings. The van der Waals surface area contributed by atoms with Crippen molar-refractivity contribution >= 4 is 22.9 Å². The number of aromatic nitrogens is 2. The second-order valence-electron chi connectivity index (χ2n) is 9.45. The highest BCUT2D eigenvalue weighted by Crippen LogP contribution is 2.49. The number of carboxylic acids is 1. The van der Waals surface area contributed by atoms with Crippen molar-refractivity contribution in [3.63, 3.8) is 0 Å². The van der Waals surface area contributed by atoms with Gasteiger partial charge in [0, 0.05) is 30.9 Å². The molecule has 3 aromatic rings. The summed E-state index contributed by atoms with van der Waals surface area (Å²) >= 11 is 0. The lowest BCUT2D eigenvalue weighted by Gasteiger charge is -2.32. The molecule has 7 heteroatoms.